The Morgan fingerprint density at radius 1 is 1.45 bits per heavy atom. The van der Waals surface area contributed by atoms with Crippen molar-refractivity contribution in [3.63, 3.8) is 0 Å². The van der Waals surface area contributed by atoms with E-state index in [9.17, 15) is 9.59 Å². The van der Waals surface area contributed by atoms with Gasteiger partial charge in [-0.15, -0.1) is 0 Å². The van der Waals surface area contributed by atoms with E-state index >= 15 is 0 Å². The first-order chi connectivity index (χ1) is 9.47. The number of carbonyl (C=O) groups excluding carboxylic acids is 1. The number of benzene rings is 1. The number of carboxylic acids is 1. The van der Waals surface area contributed by atoms with Crippen LogP contribution in [-0.4, -0.2) is 35.0 Å². The standard InChI is InChI=1S/C14H15ClINO3/c15-10-2-3-12(16)11(7-10)14(20)17-6-5-9(8-17)1-4-13(18)19/h2-3,7,9H,1,4-6,8H2,(H,18,19). The summed E-state index contributed by atoms with van der Waals surface area (Å²) in [5.41, 5.74) is 0.622. The van der Waals surface area contributed by atoms with Gasteiger partial charge in [-0.1, -0.05) is 11.6 Å². The van der Waals surface area contributed by atoms with Crippen molar-refractivity contribution in [2.75, 3.05) is 13.1 Å². The minimum Gasteiger partial charge on any atom is -0.481 e. The van der Waals surface area contributed by atoms with Gasteiger partial charge in [0.05, 0.1) is 5.56 Å². The lowest BCUT2D eigenvalue weighted by atomic mass is 10.0. The lowest BCUT2D eigenvalue weighted by Crippen LogP contribution is -2.29. The van der Waals surface area contributed by atoms with Crippen LogP contribution < -0.4 is 0 Å². The molecular weight excluding hydrogens is 393 g/mol. The van der Waals surface area contributed by atoms with E-state index < -0.39 is 5.97 Å². The molecule has 108 valence electrons. The van der Waals surface area contributed by atoms with Crippen molar-refractivity contribution < 1.29 is 14.7 Å². The van der Waals surface area contributed by atoms with Gasteiger partial charge in [0.2, 0.25) is 0 Å². The SMILES string of the molecule is O=C(O)CCC1CCN(C(=O)c2cc(Cl)ccc2I)C1. The zero-order valence-electron chi connectivity index (χ0n) is 10.8. The van der Waals surface area contributed by atoms with Crippen LogP contribution in [0.25, 0.3) is 0 Å². The summed E-state index contributed by atoms with van der Waals surface area (Å²) in [7, 11) is 0. The largest absolute Gasteiger partial charge is 0.481 e. The average molecular weight is 408 g/mol. The summed E-state index contributed by atoms with van der Waals surface area (Å²) < 4.78 is 0.881. The topological polar surface area (TPSA) is 57.6 Å². The van der Waals surface area contributed by atoms with Gasteiger partial charge in [0.25, 0.3) is 5.91 Å². The molecule has 1 aliphatic heterocycles. The summed E-state index contributed by atoms with van der Waals surface area (Å²) in [5, 5.41) is 9.25. The highest BCUT2D eigenvalue weighted by Gasteiger charge is 2.28. The fourth-order valence-corrected chi connectivity index (χ4v) is 3.15. The molecule has 1 unspecified atom stereocenters. The van der Waals surface area contributed by atoms with Crippen molar-refractivity contribution >= 4 is 46.1 Å². The number of hydrogen-bond acceptors (Lipinski definition) is 2. The molecule has 0 spiro atoms. The van der Waals surface area contributed by atoms with Crippen LogP contribution in [-0.2, 0) is 4.79 Å². The van der Waals surface area contributed by atoms with Gasteiger partial charge in [-0.3, -0.25) is 9.59 Å². The Balaban J connectivity index is 2.00. The molecule has 0 bridgehead atoms. The van der Waals surface area contributed by atoms with Crippen molar-refractivity contribution in [3.8, 4) is 0 Å². The molecule has 2 rings (SSSR count). The van der Waals surface area contributed by atoms with Crippen LogP contribution >= 0.6 is 34.2 Å². The Morgan fingerprint density at radius 3 is 2.90 bits per heavy atom. The summed E-state index contributed by atoms with van der Waals surface area (Å²) in [6.45, 7) is 1.32. The number of nitrogens with zero attached hydrogens (tertiary/aromatic N) is 1. The summed E-state index contributed by atoms with van der Waals surface area (Å²) >= 11 is 8.07. The number of aliphatic carboxylic acids is 1. The Morgan fingerprint density at radius 2 is 2.20 bits per heavy atom. The highest BCUT2D eigenvalue weighted by atomic mass is 127. The number of likely N-dealkylation sites (tertiary alicyclic amines) is 1. The predicted molar refractivity (Wildman–Crippen MR) is 85.0 cm³/mol. The van der Waals surface area contributed by atoms with Gasteiger partial charge in [0.15, 0.2) is 0 Å². The Hall–Kier alpha value is -0.820. The van der Waals surface area contributed by atoms with E-state index in [2.05, 4.69) is 22.6 Å². The fourth-order valence-electron chi connectivity index (χ4n) is 2.41. The molecule has 1 amide bonds. The second-order valence-electron chi connectivity index (χ2n) is 4.96. The predicted octanol–water partition coefficient (Wildman–Crippen LogP) is 3.27. The monoisotopic (exact) mass is 407 g/mol. The third-order valence-corrected chi connectivity index (χ3v) is 4.67. The molecule has 20 heavy (non-hydrogen) atoms. The van der Waals surface area contributed by atoms with Crippen LogP contribution in [0.4, 0.5) is 0 Å². The van der Waals surface area contributed by atoms with Gasteiger partial charge < -0.3 is 10.0 Å². The maximum absolute atomic E-state index is 12.4. The van der Waals surface area contributed by atoms with Gasteiger partial charge in [0.1, 0.15) is 0 Å². The first kappa shape index (κ1) is 15.6. The zero-order valence-corrected chi connectivity index (χ0v) is 13.7. The molecule has 1 aromatic carbocycles. The highest BCUT2D eigenvalue weighted by molar-refractivity contribution is 14.1. The van der Waals surface area contributed by atoms with Gasteiger partial charge in [0, 0.05) is 28.1 Å². The smallest absolute Gasteiger partial charge is 0.303 e. The number of hydrogen-bond donors (Lipinski definition) is 1. The van der Waals surface area contributed by atoms with Crippen molar-refractivity contribution in [3.05, 3.63) is 32.4 Å². The van der Waals surface area contributed by atoms with Crippen LogP contribution in [0.2, 0.25) is 5.02 Å². The number of halogens is 2. The van der Waals surface area contributed by atoms with Gasteiger partial charge in [-0.25, -0.2) is 0 Å². The van der Waals surface area contributed by atoms with E-state index in [1.807, 2.05) is 6.07 Å². The normalized spacial score (nSPS) is 18.3. The van der Waals surface area contributed by atoms with E-state index in [0.29, 0.717) is 30.1 Å². The first-order valence-corrected chi connectivity index (χ1v) is 7.89. The fraction of sp³-hybridized carbons (Fsp3) is 0.429. The molecule has 1 fully saturated rings. The molecule has 1 N–H and O–H groups in total. The third-order valence-electron chi connectivity index (χ3n) is 3.50. The molecule has 0 aromatic heterocycles. The Kier molecular flexibility index (Phi) is 5.26. The van der Waals surface area contributed by atoms with E-state index in [-0.39, 0.29) is 18.2 Å². The molecule has 1 atom stereocenters. The maximum Gasteiger partial charge on any atom is 0.303 e. The van der Waals surface area contributed by atoms with Crippen molar-refractivity contribution in [1.29, 1.82) is 0 Å². The minimum absolute atomic E-state index is 0.0188. The van der Waals surface area contributed by atoms with Crippen molar-refractivity contribution in [2.45, 2.75) is 19.3 Å². The van der Waals surface area contributed by atoms with E-state index in [1.54, 1.807) is 17.0 Å². The number of carboxylic acid groups (broad SMARTS) is 1. The number of rotatable bonds is 4. The molecule has 0 radical (unpaired) electrons. The Labute approximate surface area is 136 Å². The summed E-state index contributed by atoms with van der Waals surface area (Å²) in [6, 6.07) is 5.28. The van der Waals surface area contributed by atoms with Crippen LogP contribution in [0.5, 0.6) is 0 Å². The number of carbonyl (C=O) groups is 2. The lowest BCUT2D eigenvalue weighted by Gasteiger charge is -2.17. The zero-order chi connectivity index (χ0) is 14.7. The van der Waals surface area contributed by atoms with E-state index in [4.69, 9.17) is 16.7 Å². The second-order valence-corrected chi connectivity index (χ2v) is 6.56. The van der Waals surface area contributed by atoms with Gasteiger partial charge in [-0.2, -0.15) is 0 Å². The van der Waals surface area contributed by atoms with Crippen LogP contribution in [0, 0.1) is 9.49 Å². The molecule has 4 nitrogen and oxygen atoms in total. The van der Waals surface area contributed by atoms with Crippen LogP contribution in [0.15, 0.2) is 18.2 Å². The molecule has 1 heterocycles. The molecule has 1 aliphatic rings. The second kappa shape index (κ2) is 6.76. The lowest BCUT2D eigenvalue weighted by molar-refractivity contribution is -0.137. The highest BCUT2D eigenvalue weighted by Crippen LogP contribution is 2.25. The molecule has 6 heteroatoms. The van der Waals surface area contributed by atoms with Crippen molar-refractivity contribution in [1.82, 2.24) is 4.90 Å². The molecule has 1 saturated heterocycles. The number of amides is 1. The van der Waals surface area contributed by atoms with Crippen LogP contribution in [0.3, 0.4) is 0 Å². The quantitative estimate of drug-likeness (QED) is 0.780. The maximum atomic E-state index is 12.4. The van der Waals surface area contributed by atoms with Gasteiger partial charge >= 0.3 is 5.97 Å². The minimum atomic E-state index is -0.779. The summed E-state index contributed by atoms with van der Waals surface area (Å²) in [6.07, 6.45) is 1.67. The van der Waals surface area contributed by atoms with Gasteiger partial charge in [-0.05, 0) is 59.5 Å². The third kappa shape index (κ3) is 3.85. The molecule has 0 aliphatic carbocycles. The van der Waals surface area contributed by atoms with E-state index in [1.165, 1.54) is 0 Å². The average Bonchev–Trinajstić information content (AvgIpc) is 2.87. The first-order valence-electron chi connectivity index (χ1n) is 6.43. The van der Waals surface area contributed by atoms with Crippen LogP contribution in [0.1, 0.15) is 29.6 Å². The summed E-state index contributed by atoms with van der Waals surface area (Å²) in [5.74, 6) is -0.513. The van der Waals surface area contributed by atoms with E-state index in [0.717, 1.165) is 9.99 Å². The summed E-state index contributed by atoms with van der Waals surface area (Å²) in [4.78, 5) is 24.8. The van der Waals surface area contributed by atoms with Crippen molar-refractivity contribution in [2.24, 2.45) is 5.92 Å². The molecular formula is C14H15ClINO3. The molecule has 0 saturated carbocycles. The molecule has 1 aromatic rings. The Bertz CT molecular complexity index is 535.